The van der Waals surface area contributed by atoms with Gasteiger partial charge in [-0.15, -0.1) is 0 Å². The van der Waals surface area contributed by atoms with Gasteiger partial charge in [-0.2, -0.15) is 0 Å². The molecule has 0 saturated heterocycles. The Bertz CT molecular complexity index is 926. The predicted molar refractivity (Wildman–Crippen MR) is 97.0 cm³/mol. The maximum atomic E-state index is 11.0. The Kier molecular flexibility index (Phi) is 4.80. The van der Waals surface area contributed by atoms with Crippen LogP contribution >= 0.6 is 0 Å². The molecule has 0 N–H and O–H groups in total. The van der Waals surface area contributed by atoms with Crippen molar-refractivity contribution in [3.63, 3.8) is 0 Å². The van der Waals surface area contributed by atoms with Gasteiger partial charge < -0.3 is 4.52 Å². The van der Waals surface area contributed by atoms with Gasteiger partial charge in [0, 0.05) is 6.21 Å². The number of rotatable bonds is 5. The van der Waals surface area contributed by atoms with E-state index in [1.165, 1.54) is 0 Å². The molecule has 1 aromatic heterocycles. The summed E-state index contributed by atoms with van der Waals surface area (Å²) in [4.78, 5) is 14.9. The highest BCUT2D eigenvalue weighted by molar-refractivity contribution is 5.82. The average molecular weight is 333 g/mol. The van der Waals surface area contributed by atoms with E-state index in [0.29, 0.717) is 0 Å². The molecule has 3 rings (SSSR count). The van der Waals surface area contributed by atoms with Crippen LogP contribution in [0.5, 0.6) is 0 Å². The van der Waals surface area contributed by atoms with Gasteiger partial charge in [0.2, 0.25) is 5.76 Å². The average Bonchev–Trinajstić information content (AvgIpc) is 3.01. The molecule has 1 heterocycles. The highest BCUT2D eigenvalue weighted by atomic mass is 16.6. The molecule has 0 fully saturated rings. The fraction of sp³-hybridized carbons (Fsp3) is 0.0526. The van der Waals surface area contributed by atoms with Gasteiger partial charge in [0.15, 0.2) is 5.69 Å². The molecule has 0 aliphatic rings. The van der Waals surface area contributed by atoms with Crippen LogP contribution in [0, 0.1) is 17.0 Å². The third-order valence-corrected chi connectivity index (χ3v) is 3.52. The highest BCUT2D eigenvalue weighted by Crippen LogP contribution is 2.24. The lowest BCUT2D eigenvalue weighted by Gasteiger charge is -1.96. The fourth-order valence-corrected chi connectivity index (χ4v) is 2.24. The van der Waals surface area contributed by atoms with Crippen LogP contribution < -0.4 is 0 Å². The normalized spacial score (nSPS) is 11.4. The second kappa shape index (κ2) is 7.35. The summed E-state index contributed by atoms with van der Waals surface area (Å²) in [7, 11) is 0. The number of aliphatic imine (C=N–C) groups is 1. The molecule has 25 heavy (non-hydrogen) atoms. The van der Waals surface area contributed by atoms with Gasteiger partial charge in [-0.3, -0.25) is 15.1 Å². The molecule has 0 radical (unpaired) electrons. The molecule has 0 amide bonds. The second-order valence-electron chi connectivity index (χ2n) is 5.33. The zero-order valence-corrected chi connectivity index (χ0v) is 13.5. The van der Waals surface area contributed by atoms with Crippen molar-refractivity contribution in [3.05, 3.63) is 87.3 Å². The minimum Gasteiger partial charge on any atom is -0.349 e. The second-order valence-corrected chi connectivity index (χ2v) is 5.33. The molecule has 0 aliphatic heterocycles. The molecule has 6 nitrogen and oxygen atoms in total. The number of nitrogens with zero attached hydrogens (tertiary/aromatic N) is 3. The number of hydrogen-bond donors (Lipinski definition) is 0. The summed E-state index contributed by atoms with van der Waals surface area (Å²) in [6.45, 7) is 1.54. The molecule has 6 heteroatoms. The number of nitro groups is 1. The van der Waals surface area contributed by atoms with E-state index in [1.54, 1.807) is 25.3 Å². The van der Waals surface area contributed by atoms with Crippen LogP contribution in [0.1, 0.15) is 22.6 Å². The van der Waals surface area contributed by atoms with Crippen LogP contribution in [0.25, 0.3) is 12.2 Å². The van der Waals surface area contributed by atoms with Crippen molar-refractivity contribution in [3.8, 4) is 0 Å². The van der Waals surface area contributed by atoms with Crippen molar-refractivity contribution in [1.29, 1.82) is 0 Å². The van der Waals surface area contributed by atoms with Gasteiger partial charge in [-0.05, 0) is 36.3 Å². The number of aromatic nitrogens is 1. The summed E-state index contributed by atoms with van der Waals surface area (Å²) in [5.74, 6) is 0.136. The lowest BCUT2D eigenvalue weighted by Crippen LogP contribution is -1.90. The first-order valence-corrected chi connectivity index (χ1v) is 7.61. The number of benzene rings is 2. The van der Waals surface area contributed by atoms with Crippen LogP contribution in [0.4, 0.5) is 11.4 Å². The zero-order chi connectivity index (χ0) is 17.6. The third-order valence-electron chi connectivity index (χ3n) is 3.52. The molecular formula is C19H15N3O3. The largest absolute Gasteiger partial charge is 0.349 e. The summed E-state index contributed by atoms with van der Waals surface area (Å²) >= 11 is 0. The summed E-state index contributed by atoms with van der Waals surface area (Å²) in [5.41, 5.74) is 2.89. The molecule has 0 atom stereocenters. The molecule has 0 saturated carbocycles. The van der Waals surface area contributed by atoms with E-state index in [4.69, 9.17) is 4.52 Å². The maximum absolute atomic E-state index is 11.0. The summed E-state index contributed by atoms with van der Waals surface area (Å²) in [5, 5.41) is 14.6. The topological polar surface area (TPSA) is 81.5 Å². The lowest BCUT2D eigenvalue weighted by molar-refractivity contribution is -0.386. The van der Waals surface area contributed by atoms with Gasteiger partial charge in [-0.1, -0.05) is 53.7 Å². The zero-order valence-electron chi connectivity index (χ0n) is 13.5. The Morgan fingerprint density at radius 1 is 1.04 bits per heavy atom. The van der Waals surface area contributed by atoms with Gasteiger partial charge in [0.05, 0.1) is 10.6 Å². The number of para-hydroxylation sites is 1. The van der Waals surface area contributed by atoms with Gasteiger partial charge in [0.25, 0.3) is 0 Å². The Labute approximate surface area is 144 Å². The minimum absolute atomic E-state index is 0.108. The minimum atomic E-state index is -0.491. The van der Waals surface area contributed by atoms with E-state index in [1.807, 2.05) is 54.6 Å². The standard InChI is InChI=1S/C19H15N3O3/c1-14-19(22(23)24)18(25-21-14)12-11-15-7-9-16(10-8-15)13-20-17-5-3-2-4-6-17/h2-13H,1H3/b12-11+,20-13?. The van der Waals surface area contributed by atoms with Crippen LogP contribution in [0.15, 0.2) is 64.1 Å². The van der Waals surface area contributed by atoms with Crippen molar-refractivity contribution in [2.45, 2.75) is 6.92 Å². The SMILES string of the molecule is Cc1noc(/C=C/c2ccc(C=Nc3ccccc3)cc2)c1[N+](=O)[O-]. The van der Waals surface area contributed by atoms with Gasteiger partial charge in [0.1, 0.15) is 0 Å². The van der Waals surface area contributed by atoms with Gasteiger partial charge in [-0.25, -0.2) is 0 Å². The summed E-state index contributed by atoms with van der Waals surface area (Å²) < 4.78 is 4.99. The van der Waals surface area contributed by atoms with E-state index >= 15 is 0 Å². The first-order chi connectivity index (χ1) is 12.1. The summed E-state index contributed by atoms with van der Waals surface area (Å²) in [6, 6.07) is 17.3. The van der Waals surface area contributed by atoms with E-state index < -0.39 is 4.92 Å². The van der Waals surface area contributed by atoms with Crippen LogP contribution in [-0.2, 0) is 0 Å². The van der Waals surface area contributed by atoms with Crippen molar-refractivity contribution in [1.82, 2.24) is 5.16 Å². The predicted octanol–water partition coefficient (Wildman–Crippen LogP) is 4.81. The maximum Gasteiger partial charge on any atom is 0.338 e. The molecular weight excluding hydrogens is 318 g/mol. The van der Waals surface area contributed by atoms with E-state index in [-0.39, 0.29) is 17.1 Å². The summed E-state index contributed by atoms with van der Waals surface area (Å²) in [6.07, 6.45) is 5.07. The number of hydrogen-bond acceptors (Lipinski definition) is 5. The first-order valence-electron chi connectivity index (χ1n) is 7.61. The van der Waals surface area contributed by atoms with Crippen LogP contribution in [0.3, 0.4) is 0 Å². The van der Waals surface area contributed by atoms with E-state index in [0.717, 1.165) is 16.8 Å². The lowest BCUT2D eigenvalue weighted by atomic mass is 10.1. The van der Waals surface area contributed by atoms with Crippen molar-refractivity contribution in [2.75, 3.05) is 0 Å². The Hall–Kier alpha value is -3.54. The van der Waals surface area contributed by atoms with Crippen LogP contribution in [-0.4, -0.2) is 16.3 Å². The smallest absolute Gasteiger partial charge is 0.338 e. The fourth-order valence-electron chi connectivity index (χ4n) is 2.24. The van der Waals surface area contributed by atoms with Crippen molar-refractivity contribution < 1.29 is 9.45 Å². The molecule has 0 unspecified atom stereocenters. The van der Waals surface area contributed by atoms with Gasteiger partial charge >= 0.3 is 5.69 Å². The Morgan fingerprint density at radius 2 is 1.72 bits per heavy atom. The quantitative estimate of drug-likeness (QED) is 0.381. The Morgan fingerprint density at radius 3 is 2.40 bits per heavy atom. The molecule has 124 valence electrons. The van der Waals surface area contributed by atoms with E-state index in [2.05, 4.69) is 10.1 Å². The van der Waals surface area contributed by atoms with E-state index in [9.17, 15) is 10.1 Å². The molecule has 0 spiro atoms. The van der Waals surface area contributed by atoms with Crippen molar-refractivity contribution >= 4 is 29.7 Å². The molecule has 2 aromatic carbocycles. The Balaban J connectivity index is 1.73. The highest BCUT2D eigenvalue weighted by Gasteiger charge is 2.21. The monoisotopic (exact) mass is 333 g/mol. The molecule has 0 aliphatic carbocycles. The van der Waals surface area contributed by atoms with Crippen molar-refractivity contribution in [2.24, 2.45) is 4.99 Å². The van der Waals surface area contributed by atoms with Crippen LogP contribution in [0.2, 0.25) is 0 Å². The molecule has 0 bridgehead atoms. The first kappa shape index (κ1) is 16.3. The third kappa shape index (κ3) is 4.06. The number of aryl methyl sites for hydroxylation is 1. The molecule has 3 aromatic rings.